The summed E-state index contributed by atoms with van der Waals surface area (Å²) < 4.78 is 65.0. The first-order chi connectivity index (χ1) is 22.8. The highest BCUT2D eigenvalue weighted by molar-refractivity contribution is 6.02. The van der Waals surface area contributed by atoms with Crippen LogP contribution in [0.1, 0.15) is 43.9 Å². The van der Waals surface area contributed by atoms with E-state index in [4.69, 9.17) is 26.1 Å². The smallest absolute Gasteiger partial charge is 0.319 e. The van der Waals surface area contributed by atoms with E-state index >= 15 is 4.39 Å². The molecule has 0 aliphatic carbocycles. The zero-order chi connectivity index (χ0) is 32.4. The lowest BCUT2D eigenvalue weighted by Crippen LogP contribution is -2.54. The fourth-order valence-corrected chi connectivity index (χ4v) is 8.69. The van der Waals surface area contributed by atoms with Gasteiger partial charge in [0.05, 0.1) is 22.2 Å². The molecule has 1 N–H and O–H groups in total. The molecule has 0 amide bonds. The normalized spacial score (nSPS) is 25.6. The van der Waals surface area contributed by atoms with Crippen molar-refractivity contribution in [2.75, 3.05) is 44.2 Å². The van der Waals surface area contributed by atoms with E-state index in [1.165, 1.54) is 6.07 Å². The molecule has 2 aromatic heterocycles. The summed E-state index contributed by atoms with van der Waals surface area (Å²) in [5, 5.41) is 5.13. The third-order valence-electron chi connectivity index (χ3n) is 10.8. The summed E-state index contributed by atoms with van der Waals surface area (Å²) in [4.78, 5) is 19.1. The number of hydrogen-bond donors (Lipinski definition) is 1. The first kappa shape index (κ1) is 30.3. The molecular formula is C36H36F4N6O. The molecule has 0 bridgehead atoms. The Labute approximate surface area is 270 Å². The Morgan fingerprint density at radius 2 is 2.00 bits per heavy atom. The highest BCUT2D eigenvalue weighted by Gasteiger charge is 2.49. The van der Waals surface area contributed by atoms with Gasteiger partial charge in [-0.2, -0.15) is 9.97 Å². The number of hydrogen-bond acceptors (Lipinski definition) is 7. The summed E-state index contributed by atoms with van der Waals surface area (Å²) in [6, 6.07) is 8.39. The zero-order valence-corrected chi connectivity index (χ0v) is 26.2. The van der Waals surface area contributed by atoms with Gasteiger partial charge in [0.15, 0.2) is 5.82 Å². The molecule has 7 nitrogen and oxygen atoms in total. The maximum Gasteiger partial charge on any atom is 0.319 e. The first-order valence-corrected chi connectivity index (χ1v) is 16.5. The van der Waals surface area contributed by atoms with E-state index in [1.807, 2.05) is 6.07 Å². The van der Waals surface area contributed by atoms with Crippen LogP contribution >= 0.6 is 0 Å². The Bertz CT molecular complexity index is 1930. The Kier molecular flexibility index (Phi) is 7.49. The predicted octanol–water partition coefficient (Wildman–Crippen LogP) is 5.96. The van der Waals surface area contributed by atoms with Gasteiger partial charge in [0.1, 0.15) is 29.5 Å². The average molecular weight is 645 g/mol. The summed E-state index contributed by atoms with van der Waals surface area (Å²) in [6.07, 6.45) is 6.29. The number of benzene rings is 2. The number of nitrogens with one attached hydrogen (secondary N) is 1. The lowest BCUT2D eigenvalue weighted by molar-refractivity contribution is 0.106. The number of ether oxygens (including phenoxy) is 1. The van der Waals surface area contributed by atoms with Crippen LogP contribution in [0.15, 0.2) is 30.3 Å². The molecule has 0 spiro atoms. The van der Waals surface area contributed by atoms with Gasteiger partial charge in [-0.1, -0.05) is 37.1 Å². The van der Waals surface area contributed by atoms with E-state index in [-0.39, 0.29) is 59.2 Å². The monoisotopic (exact) mass is 644 g/mol. The molecule has 8 rings (SSSR count). The number of terminal acetylenes is 1. The summed E-state index contributed by atoms with van der Waals surface area (Å²) in [7, 11) is 0. The van der Waals surface area contributed by atoms with Crippen LogP contribution < -0.4 is 15.0 Å². The van der Waals surface area contributed by atoms with E-state index in [0.717, 1.165) is 32.5 Å². The van der Waals surface area contributed by atoms with E-state index in [9.17, 15) is 13.2 Å². The SMILES string of the molecule is C#Cc1c(F)ccc2cccc(-c3nc4c5c(nc(OCC67CCCN6CC(CC(F)F)C7)nc5c3F)N3CCNCC3[C@@H](C)C4)c12. The Balaban J connectivity index is 1.28. The molecule has 4 aromatic rings. The van der Waals surface area contributed by atoms with Crippen molar-refractivity contribution in [2.45, 2.75) is 57.0 Å². The molecule has 4 aliphatic heterocycles. The minimum Gasteiger partial charge on any atom is -0.461 e. The number of nitrogens with zero attached hydrogens (tertiary/aromatic N) is 5. The first-order valence-electron chi connectivity index (χ1n) is 16.5. The maximum absolute atomic E-state index is 17.0. The number of piperazine rings is 1. The molecule has 47 heavy (non-hydrogen) atoms. The van der Waals surface area contributed by atoms with Crippen molar-refractivity contribution in [3.05, 3.63) is 53.2 Å². The number of anilines is 1. The second-order valence-electron chi connectivity index (χ2n) is 13.7. The standard InChI is InChI=1S/C36H36F4N6O/c1-3-23-25(37)9-8-22-6-4-7-24(29(22)23)32-31(40)33-30-26(42-32)14-20(2)27-17-41-11-13-46(27)34(30)44-35(43-33)47-19-36-10-5-12-45(36)18-21(16-36)15-28(38)39/h1,4,6-9,20-21,27-28,41H,5,10-19H2,2H3/t20-,21?,27?,36?/m0/s1. The van der Waals surface area contributed by atoms with Gasteiger partial charge >= 0.3 is 6.01 Å². The molecule has 4 atom stereocenters. The molecule has 2 aromatic carbocycles. The summed E-state index contributed by atoms with van der Waals surface area (Å²) in [5.41, 5.74) is 0.880. The average Bonchev–Trinajstić information content (AvgIpc) is 3.57. The molecule has 0 saturated carbocycles. The van der Waals surface area contributed by atoms with Gasteiger partial charge in [0, 0.05) is 49.6 Å². The summed E-state index contributed by atoms with van der Waals surface area (Å²) in [5.74, 6) is 1.88. The predicted molar refractivity (Wildman–Crippen MR) is 173 cm³/mol. The number of fused-ring (bicyclic) bond motifs is 4. The van der Waals surface area contributed by atoms with Crippen molar-refractivity contribution in [2.24, 2.45) is 11.8 Å². The number of pyridine rings is 1. The maximum atomic E-state index is 17.0. The van der Waals surface area contributed by atoms with E-state index < -0.39 is 18.1 Å². The number of rotatable bonds is 6. The Hall–Kier alpha value is -4.01. The van der Waals surface area contributed by atoms with Crippen LogP contribution in [0.5, 0.6) is 6.01 Å². The molecule has 6 heterocycles. The van der Waals surface area contributed by atoms with Gasteiger partial charge in [0.2, 0.25) is 6.43 Å². The summed E-state index contributed by atoms with van der Waals surface area (Å²) in [6.45, 7) is 6.01. The molecule has 11 heteroatoms. The van der Waals surface area contributed by atoms with Crippen LogP contribution in [0.3, 0.4) is 0 Å². The van der Waals surface area contributed by atoms with Gasteiger partial charge in [-0.05, 0) is 55.5 Å². The fraction of sp³-hybridized carbons (Fsp3) is 0.472. The molecule has 0 radical (unpaired) electrons. The molecule has 3 unspecified atom stereocenters. The fourth-order valence-electron chi connectivity index (χ4n) is 8.69. The topological polar surface area (TPSA) is 66.4 Å². The minimum absolute atomic E-state index is 0.0483. The van der Waals surface area contributed by atoms with E-state index in [1.54, 1.807) is 18.2 Å². The van der Waals surface area contributed by atoms with Gasteiger partial charge in [-0.3, -0.25) is 4.90 Å². The second kappa shape index (κ2) is 11.6. The quantitative estimate of drug-likeness (QED) is 0.205. The highest BCUT2D eigenvalue weighted by Crippen LogP contribution is 2.45. The van der Waals surface area contributed by atoms with Crippen molar-refractivity contribution < 1.29 is 22.3 Å². The van der Waals surface area contributed by atoms with Crippen molar-refractivity contribution in [3.63, 3.8) is 0 Å². The second-order valence-corrected chi connectivity index (χ2v) is 13.7. The van der Waals surface area contributed by atoms with Gasteiger partial charge in [-0.25, -0.2) is 22.5 Å². The lowest BCUT2D eigenvalue weighted by atomic mass is 9.89. The minimum atomic E-state index is -2.34. The van der Waals surface area contributed by atoms with Gasteiger partial charge in [-0.15, -0.1) is 6.42 Å². The highest BCUT2D eigenvalue weighted by atomic mass is 19.3. The molecule has 4 aliphatic rings. The van der Waals surface area contributed by atoms with Crippen LogP contribution in [0, 0.1) is 35.8 Å². The zero-order valence-electron chi connectivity index (χ0n) is 26.2. The number of alkyl halides is 2. The molecular weight excluding hydrogens is 608 g/mol. The summed E-state index contributed by atoms with van der Waals surface area (Å²) >= 11 is 0. The molecule has 3 fully saturated rings. The van der Waals surface area contributed by atoms with Crippen molar-refractivity contribution in [1.29, 1.82) is 0 Å². The largest absolute Gasteiger partial charge is 0.461 e. The Morgan fingerprint density at radius 1 is 1.13 bits per heavy atom. The van der Waals surface area contributed by atoms with E-state index in [2.05, 4.69) is 28.0 Å². The number of halogens is 4. The lowest BCUT2D eigenvalue weighted by Gasteiger charge is -2.39. The van der Waals surface area contributed by atoms with Crippen LogP contribution in [-0.4, -0.2) is 77.2 Å². The van der Waals surface area contributed by atoms with Gasteiger partial charge in [0.25, 0.3) is 0 Å². The van der Waals surface area contributed by atoms with Crippen LogP contribution in [-0.2, 0) is 6.42 Å². The van der Waals surface area contributed by atoms with Crippen molar-refractivity contribution in [3.8, 4) is 29.6 Å². The van der Waals surface area contributed by atoms with Crippen LogP contribution in [0.4, 0.5) is 23.4 Å². The van der Waals surface area contributed by atoms with Crippen LogP contribution in [0.2, 0.25) is 0 Å². The number of aromatic nitrogens is 3. The third-order valence-corrected chi connectivity index (χ3v) is 10.8. The third kappa shape index (κ3) is 4.99. The van der Waals surface area contributed by atoms with Crippen molar-refractivity contribution >= 4 is 27.5 Å². The molecule has 3 saturated heterocycles. The van der Waals surface area contributed by atoms with Gasteiger partial charge < -0.3 is 15.0 Å². The molecule has 244 valence electrons. The van der Waals surface area contributed by atoms with E-state index in [0.29, 0.717) is 59.2 Å². The van der Waals surface area contributed by atoms with Crippen LogP contribution in [0.25, 0.3) is 32.9 Å². The Morgan fingerprint density at radius 3 is 2.83 bits per heavy atom. The van der Waals surface area contributed by atoms with Crippen molar-refractivity contribution in [1.82, 2.24) is 25.2 Å².